The monoisotopic (exact) mass is 292 g/mol. The number of aryl methyl sites for hydroxylation is 1. The molecule has 0 spiro atoms. The van der Waals surface area contributed by atoms with Gasteiger partial charge < -0.3 is 11.1 Å². The van der Waals surface area contributed by atoms with Gasteiger partial charge in [0.15, 0.2) is 0 Å². The van der Waals surface area contributed by atoms with E-state index < -0.39 is 0 Å². The largest absolute Gasteiger partial charge is 0.383 e. The van der Waals surface area contributed by atoms with Gasteiger partial charge in [-0.25, -0.2) is 9.97 Å². The summed E-state index contributed by atoms with van der Waals surface area (Å²) < 4.78 is 0.681. The molecule has 0 amide bonds. The van der Waals surface area contributed by atoms with Crippen molar-refractivity contribution >= 4 is 33.3 Å². The van der Waals surface area contributed by atoms with E-state index in [1.54, 1.807) is 0 Å². The molecule has 0 bridgehead atoms. The number of aromatic nitrogens is 2. The lowest BCUT2D eigenvalue weighted by atomic mass is 10.1. The summed E-state index contributed by atoms with van der Waals surface area (Å²) in [5.41, 5.74) is 9.14. The summed E-state index contributed by atoms with van der Waals surface area (Å²) in [4.78, 5) is 8.06. The van der Waals surface area contributed by atoms with E-state index in [4.69, 9.17) is 5.73 Å². The highest BCUT2D eigenvalue weighted by atomic mass is 79.9. The van der Waals surface area contributed by atoms with E-state index in [0.29, 0.717) is 16.1 Å². The van der Waals surface area contributed by atoms with Crippen molar-refractivity contribution in [3.63, 3.8) is 0 Å². The average Bonchev–Trinajstić information content (AvgIpc) is 2.31. The van der Waals surface area contributed by atoms with Crippen LogP contribution in [-0.2, 0) is 0 Å². The van der Waals surface area contributed by atoms with Gasteiger partial charge in [0.2, 0.25) is 0 Å². The molecular formula is C12H13BrN4. The van der Waals surface area contributed by atoms with Crippen molar-refractivity contribution < 1.29 is 0 Å². The number of nitrogens with two attached hydrogens (primary N) is 1. The van der Waals surface area contributed by atoms with E-state index in [0.717, 1.165) is 5.69 Å². The molecule has 3 N–H and O–H groups in total. The molecule has 4 nitrogen and oxygen atoms in total. The first-order valence-electron chi connectivity index (χ1n) is 5.19. The first-order chi connectivity index (χ1) is 8.09. The molecule has 0 fully saturated rings. The van der Waals surface area contributed by atoms with Gasteiger partial charge in [-0.3, -0.25) is 0 Å². The fourth-order valence-corrected chi connectivity index (χ4v) is 1.79. The smallest absolute Gasteiger partial charge is 0.150 e. The van der Waals surface area contributed by atoms with Crippen molar-refractivity contribution in [2.45, 2.75) is 13.8 Å². The van der Waals surface area contributed by atoms with Crippen LogP contribution in [0.4, 0.5) is 17.3 Å². The van der Waals surface area contributed by atoms with Gasteiger partial charge in [0.1, 0.15) is 22.4 Å². The number of hydrogen-bond acceptors (Lipinski definition) is 4. The van der Waals surface area contributed by atoms with Crippen LogP contribution < -0.4 is 11.1 Å². The molecule has 0 radical (unpaired) electrons. The minimum atomic E-state index is 0.424. The summed E-state index contributed by atoms with van der Waals surface area (Å²) >= 11 is 3.37. The van der Waals surface area contributed by atoms with Gasteiger partial charge in [0, 0.05) is 5.69 Å². The molecule has 88 valence electrons. The molecule has 0 saturated carbocycles. The van der Waals surface area contributed by atoms with Crippen LogP contribution in [0.2, 0.25) is 0 Å². The van der Waals surface area contributed by atoms with Crippen molar-refractivity contribution in [3.8, 4) is 0 Å². The van der Waals surface area contributed by atoms with E-state index in [1.165, 1.54) is 17.5 Å². The van der Waals surface area contributed by atoms with Crippen LogP contribution in [0.3, 0.4) is 0 Å². The Morgan fingerprint density at radius 3 is 2.76 bits per heavy atom. The molecule has 0 aliphatic rings. The summed E-state index contributed by atoms with van der Waals surface area (Å²) in [5, 5.41) is 3.24. The highest BCUT2D eigenvalue weighted by Crippen LogP contribution is 2.28. The van der Waals surface area contributed by atoms with Gasteiger partial charge in [0.05, 0.1) is 0 Å². The van der Waals surface area contributed by atoms with Crippen molar-refractivity contribution in [2.75, 3.05) is 11.1 Å². The normalized spacial score (nSPS) is 10.3. The van der Waals surface area contributed by atoms with Gasteiger partial charge in [0.25, 0.3) is 0 Å². The fraction of sp³-hybridized carbons (Fsp3) is 0.167. The Morgan fingerprint density at radius 2 is 2.00 bits per heavy atom. The van der Waals surface area contributed by atoms with Gasteiger partial charge in [-0.05, 0) is 47.0 Å². The summed E-state index contributed by atoms with van der Waals surface area (Å²) in [7, 11) is 0. The molecule has 0 aliphatic heterocycles. The third-order valence-corrected chi connectivity index (χ3v) is 3.46. The lowest BCUT2D eigenvalue weighted by Gasteiger charge is -2.12. The average molecular weight is 293 g/mol. The van der Waals surface area contributed by atoms with E-state index in [9.17, 15) is 0 Å². The number of anilines is 3. The standard InChI is InChI=1S/C12H13BrN4/c1-7-4-3-5-9(8(7)2)17-12-10(13)11(14)15-6-16-12/h3-6H,1-2H3,(H3,14,15,16,17). The van der Waals surface area contributed by atoms with E-state index in [2.05, 4.69) is 51.1 Å². The molecule has 1 aromatic carbocycles. The Kier molecular flexibility index (Phi) is 3.28. The third kappa shape index (κ3) is 2.39. The number of halogens is 1. The second-order valence-corrected chi connectivity index (χ2v) is 4.59. The maximum Gasteiger partial charge on any atom is 0.150 e. The SMILES string of the molecule is Cc1cccc(Nc2ncnc(N)c2Br)c1C. The van der Waals surface area contributed by atoms with E-state index >= 15 is 0 Å². The molecule has 2 rings (SSSR count). The lowest BCUT2D eigenvalue weighted by molar-refractivity contribution is 1.16. The quantitative estimate of drug-likeness (QED) is 0.892. The Bertz CT molecular complexity index is 505. The van der Waals surface area contributed by atoms with Gasteiger partial charge in [-0.1, -0.05) is 12.1 Å². The molecule has 17 heavy (non-hydrogen) atoms. The maximum atomic E-state index is 5.70. The second kappa shape index (κ2) is 4.71. The summed E-state index contributed by atoms with van der Waals surface area (Å²) in [5.74, 6) is 1.10. The lowest BCUT2D eigenvalue weighted by Crippen LogP contribution is -2.01. The Labute approximate surface area is 108 Å². The molecule has 1 aromatic heterocycles. The summed E-state index contributed by atoms with van der Waals surface area (Å²) in [6.45, 7) is 4.14. The first-order valence-corrected chi connectivity index (χ1v) is 5.98. The van der Waals surface area contributed by atoms with Crippen molar-refractivity contribution in [1.29, 1.82) is 0 Å². The molecule has 0 atom stereocenters. The van der Waals surface area contributed by atoms with Gasteiger partial charge in [-0.2, -0.15) is 0 Å². The molecular weight excluding hydrogens is 280 g/mol. The Hall–Kier alpha value is -1.62. The second-order valence-electron chi connectivity index (χ2n) is 3.79. The number of nitrogen functional groups attached to an aromatic ring is 1. The van der Waals surface area contributed by atoms with Crippen LogP contribution in [0.25, 0.3) is 0 Å². The van der Waals surface area contributed by atoms with Crippen LogP contribution in [0, 0.1) is 13.8 Å². The van der Waals surface area contributed by atoms with Crippen LogP contribution in [-0.4, -0.2) is 9.97 Å². The van der Waals surface area contributed by atoms with Crippen molar-refractivity contribution in [3.05, 3.63) is 40.1 Å². The number of hydrogen-bond donors (Lipinski definition) is 2. The zero-order valence-electron chi connectivity index (χ0n) is 9.66. The number of nitrogens with zero attached hydrogens (tertiary/aromatic N) is 2. The van der Waals surface area contributed by atoms with Crippen LogP contribution >= 0.6 is 15.9 Å². The van der Waals surface area contributed by atoms with E-state index in [1.807, 2.05) is 12.1 Å². The highest BCUT2D eigenvalue weighted by Gasteiger charge is 2.07. The zero-order chi connectivity index (χ0) is 12.4. The van der Waals surface area contributed by atoms with Crippen LogP contribution in [0.1, 0.15) is 11.1 Å². The topological polar surface area (TPSA) is 63.8 Å². The van der Waals surface area contributed by atoms with Crippen molar-refractivity contribution in [1.82, 2.24) is 9.97 Å². The molecule has 5 heteroatoms. The number of benzene rings is 1. The number of nitrogens with one attached hydrogen (secondary N) is 1. The van der Waals surface area contributed by atoms with Crippen LogP contribution in [0.15, 0.2) is 29.0 Å². The van der Waals surface area contributed by atoms with Crippen molar-refractivity contribution in [2.24, 2.45) is 0 Å². The fourth-order valence-electron chi connectivity index (χ4n) is 1.48. The minimum Gasteiger partial charge on any atom is -0.383 e. The minimum absolute atomic E-state index is 0.424. The Morgan fingerprint density at radius 1 is 1.24 bits per heavy atom. The number of rotatable bonds is 2. The van der Waals surface area contributed by atoms with Gasteiger partial charge in [-0.15, -0.1) is 0 Å². The van der Waals surface area contributed by atoms with Gasteiger partial charge >= 0.3 is 0 Å². The first kappa shape index (κ1) is 11.9. The summed E-state index contributed by atoms with van der Waals surface area (Å²) in [6, 6.07) is 6.08. The Balaban J connectivity index is 2.38. The predicted molar refractivity (Wildman–Crippen MR) is 73.3 cm³/mol. The molecule has 0 unspecified atom stereocenters. The predicted octanol–water partition coefficient (Wildman–Crippen LogP) is 3.18. The maximum absolute atomic E-state index is 5.70. The van der Waals surface area contributed by atoms with Crippen LogP contribution in [0.5, 0.6) is 0 Å². The highest BCUT2D eigenvalue weighted by molar-refractivity contribution is 9.10. The molecule has 2 aromatic rings. The van der Waals surface area contributed by atoms with E-state index in [-0.39, 0.29) is 0 Å². The molecule has 0 aliphatic carbocycles. The summed E-state index contributed by atoms with van der Waals surface area (Å²) in [6.07, 6.45) is 1.44. The molecule has 0 saturated heterocycles. The zero-order valence-corrected chi connectivity index (χ0v) is 11.2. The molecule has 1 heterocycles. The third-order valence-electron chi connectivity index (χ3n) is 2.67.